The molecule has 1 fully saturated rings. The molecule has 1 N–H and O–H groups in total. The summed E-state index contributed by atoms with van der Waals surface area (Å²) in [6.45, 7) is 0.899. The standard InChI is InChI=1S/C12H12F3N3O2/c13-12(14,15)9-2-1-8(7-17-9)11(20)18-5-3-10(19)16-4-6-18/h1-2,7H,3-6H2,(H,16,19). The zero-order valence-electron chi connectivity index (χ0n) is 10.4. The van der Waals surface area contributed by atoms with Crippen molar-refractivity contribution in [2.75, 3.05) is 19.6 Å². The maximum Gasteiger partial charge on any atom is 0.433 e. The van der Waals surface area contributed by atoms with Crippen LogP contribution in [0.25, 0.3) is 0 Å². The topological polar surface area (TPSA) is 62.3 Å². The Morgan fingerprint density at radius 3 is 2.65 bits per heavy atom. The molecule has 0 radical (unpaired) electrons. The summed E-state index contributed by atoms with van der Waals surface area (Å²) in [6, 6.07) is 1.87. The fraction of sp³-hybridized carbons (Fsp3) is 0.417. The third kappa shape index (κ3) is 3.25. The highest BCUT2D eigenvalue weighted by atomic mass is 19.4. The van der Waals surface area contributed by atoms with Crippen LogP contribution in [0.4, 0.5) is 13.2 Å². The maximum absolute atomic E-state index is 12.4. The van der Waals surface area contributed by atoms with Gasteiger partial charge in [-0.15, -0.1) is 0 Å². The number of hydrogen-bond acceptors (Lipinski definition) is 3. The molecule has 108 valence electrons. The van der Waals surface area contributed by atoms with Crippen molar-refractivity contribution in [1.29, 1.82) is 0 Å². The van der Waals surface area contributed by atoms with Crippen molar-refractivity contribution in [3.05, 3.63) is 29.6 Å². The summed E-state index contributed by atoms with van der Waals surface area (Å²) < 4.78 is 37.1. The van der Waals surface area contributed by atoms with E-state index in [0.717, 1.165) is 18.3 Å². The summed E-state index contributed by atoms with van der Waals surface area (Å²) in [5, 5.41) is 2.61. The van der Waals surface area contributed by atoms with Gasteiger partial charge in [-0.05, 0) is 12.1 Å². The number of aromatic nitrogens is 1. The van der Waals surface area contributed by atoms with Gasteiger partial charge in [-0.25, -0.2) is 0 Å². The summed E-state index contributed by atoms with van der Waals surface area (Å²) in [6.07, 6.45) is -3.44. The minimum absolute atomic E-state index is 0.0762. The van der Waals surface area contributed by atoms with E-state index in [1.165, 1.54) is 4.90 Å². The molecule has 5 nitrogen and oxygen atoms in total. The Labute approximate surface area is 112 Å². The Hall–Kier alpha value is -2.12. The molecule has 0 bridgehead atoms. The van der Waals surface area contributed by atoms with E-state index in [0.29, 0.717) is 13.1 Å². The van der Waals surface area contributed by atoms with Crippen LogP contribution >= 0.6 is 0 Å². The lowest BCUT2D eigenvalue weighted by Gasteiger charge is -2.19. The molecule has 0 saturated carbocycles. The average Bonchev–Trinajstić information content (AvgIpc) is 2.62. The fourth-order valence-electron chi connectivity index (χ4n) is 1.84. The van der Waals surface area contributed by atoms with Crippen LogP contribution in [-0.4, -0.2) is 41.3 Å². The van der Waals surface area contributed by atoms with Crippen LogP contribution in [0.1, 0.15) is 22.5 Å². The van der Waals surface area contributed by atoms with Gasteiger partial charge in [0, 0.05) is 32.3 Å². The lowest BCUT2D eigenvalue weighted by Crippen LogP contribution is -2.34. The molecule has 0 aliphatic carbocycles. The smallest absolute Gasteiger partial charge is 0.354 e. The van der Waals surface area contributed by atoms with E-state index in [4.69, 9.17) is 0 Å². The van der Waals surface area contributed by atoms with E-state index < -0.39 is 17.8 Å². The molecule has 0 unspecified atom stereocenters. The molecule has 1 aromatic rings. The Balaban J connectivity index is 2.11. The van der Waals surface area contributed by atoms with Crippen molar-refractivity contribution >= 4 is 11.8 Å². The van der Waals surface area contributed by atoms with Crippen molar-refractivity contribution in [3.63, 3.8) is 0 Å². The van der Waals surface area contributed by atoms with Gasteiger partial charge in [0.15, 0.2) is 0 Å². The van der Waals surface area contributed by atoms with Crippen LogP contribution in [0.3, 0.4) is 0 Å². The molecule has 8 heteroatoms. The third-order valence-electron chi connectivity index (χ3n) is 2.90. The predicted molar refractivity (Wildman–Crippen MR) is 62.8 cm³/mol. The quantitative estimate of drug-likeness (QED) is 0.840. The number of nitrogens with zero attached hydrogens (tertiary/aromatic N) is 2. The number of hydrogen-bond donors (Lipinski definition) is 1. The first-order valence-electron chi connectivity index (χ1n) is 5.97. The van der Waals surface area contributed by atoms with Crippen molar-refractivity contribution in [3.8, 4) is 0 Å². The first-order valence-corrected chi connectivity index (χ1v) is 5.97. The summed E-state index contributed by atoms with van der Waals surface area (Å²) in [7, 11) is 0. The third-order valence-corrected chi connectivity index (χ3v) is 2.90. The van der Waals surface area contributed by atoms with Crippen LogP contribution in [0, 0.1) is 0 Å². The number of carbonyl (C=O) groups is 2. The number of alkyl halides is 3. The van der Waals surface area contributed by atoms with Gasteiger partial charge in [0.2, 0.25) is 5.91 Å². The monoisotopic (exact) mass is 287 g/mol. The summed E-state index contributed by atoms with van der Waals surface area (Å²) >= 11 is 0. The van der Waals surface area contributed by atoms with Crippen LogP contribution in [0.5, 0.6) is 0 Å². The van der Waals surface area contributed by atoms with Crippen molar-refractivity contribution in [1.82, 2.24) is 15.2 Å². The summed E-state index contributed by atoms with van der Waals surface area (Å²) in [4.78, 5) is 27.9. The van der Waals surface area contributed by atoms with Crippen molar-refractivity contribution in [2.24, 2.45) is 0 Å². The molecule has 0 atom stereocenters. The molecule has 1 aliphatic rings. The predicted octanol–water partition coefficient (Wildman–Crippen LogP) is 1.06. The van der Waals surface area contributed by atoms with Gasteiger partial charge in [-0.2, -0.15) is 13.2 Å². The van der Waals surface area contributed by atoms with Crippen LogP contribution < -0.4 is 5.32 Å². The Morgan fingerprint density at radius 1 is 1.30 bits per heavy atom. The Kier molecular flexibility index (Phi) is 3.91. The number of carbonyl (C=O) groups excluding carboxylic acids is 2. The van der Waals surface area contributed by atoms with Gasteiger partial charge in [0.05, 0.1) is 5.56 Å². The molecule has 0 spiro atoms. The second-order valence-electron chi connectivity index (χ2n) is 4.32. The zero-order valence-corrected chi connectivity index (χ0v) is 10.4. The summed E-state index contributed by atoms with van der Waals surface area (Å²) in [5.41, 5.74) is -0.964. The number of halogens is 3. The minimum Gasteiger partial charge on any atom is -0.354 e. The second-order valence-corrected chi connectivity index (χ2v) is 4.32. The van der Waals surface area contributed by atoms with E-state index in [1.54, 1.807) is 0 Å². The fourth-order valence-corrected chi connectivity index (χ4v) is 1.84. The molecular formula is C12H12F3N3O2. The molecule has 2 amide bonds. The van der Waals surface area contributed by atoms with Gasteiger partial charge in [-0.1, -0.05) is 0 Å². The molecule has 1 aromatic heterocycles. The molecule has 0 aromatic carbocycles. The minimum atomic E-state index is -4.53. The average molecular weight is 287 g/mol. The molecule has 1 aliphatic heterocycles. The number of nitrogens with one attached hydrogen (secondary N) is 1. The number of pyridine rings is 1. The van der Waals surface area contributed by atoms with Gasteiger partial charge >= 0.3 is 6.18 Å². The molecular weight excluding hydrogens is 275 g/mol. The lowest BCUT2D eigenvalue weighted by atomic mass is 10.2. The number of rotatable bonds is 1. The molecule has 2 heterocycles. The summed E-state index contributed by atoms with van der Waals surface area (Å²) in [5.74, 6) is -0.575. The highest BCUT2D eigenvalue weighted by molar-refractivity contribution is 5.94. The molecule has 1 saturated heterocycles. The Bertz CT molecular complexity index is 514. The largest absolute Gasteiger partial charge is 0.433 e. The first-order chi connectivity index (χ1) is 9.38. The Morgan fingerprint density at radius 2 is 2.05 bits per heavy atom. The van der Waals surface area contributed by atoms with E-state index in [1.807, 2.05) is 0 Å². The highest BCUT2D eigenvalue weighted by Gasteiger charge is 2.32. The lowest BCUT2D eigenvalue weighted by molar-refractivity contribution is -0.141. The second kappa shape index (κ2) is 5.48. The van der Waals surface area contributed by atoms with Gasteiger partial charge in [-0.3, -0.25) is 14.6 Å². The highest BCUT2D eigenvalue weighted by Crippen LogP contribution is 2.27. The van der Waals surface area contributed by atoms with Gasteiger partial charge in [0.1, 0.15) is 5.69 Å². The van der Waals surface area contributed by atoms with Crippen molar-refractivity contribution < 1.29 is 22.8 Å². The van der Waals surface area contributed by atoms with Crippen molar-refractivity contribution in [2.45, 2.75) is 12.6 Å². The zero-order chi connectivity index (χ0) is 14.8. The van der Waals surface area contributed by atoms with Gasteiger partial charge in [0.25, 0.3) is 5.91 Å². The first kappa shape index (κ1) is 14.3. The van der Waals surface area contributed by atoms with Crippen LogP contribution in [0.15, 0.2) is 18.3 Å². The van der Waals surface area contributed by atoms with Gasteiger partial charge < -0.3 is 10.2 Å². The maximum atomic E-state index is 12.4. The molecule has 2 rings (SSSR count). The van der Waals surface area contributed by atoms with E-state index in [2.05, 4.69) is 10.3 Å². The van der Waals surface area contributed by atoms with Crippen LogP contribution in [0.2, 0.25) is 0 Å². The molecule has 20 heavy (non-hydrogen) atoms. The van der Waals surface area contributed by atoms with Crippen LogP contribution in [-0.2, 0) is 11.0 Å². The normalized spacial score (nSPS) is 16.6. The van der Waals surface area contributed by atoms with E-state index >= 15 is 0 Å². The van der Waals surface area contributed by atoms with E-state index in [-0.39, 0.29) is 24.4 Å². The SMILES string of the molecule is O=C1CCN(C(=O)c2ccc(C(F)(F)F)nc2)CCN1. The number of amides is 2. The van der Waals surface area contributed by atoms with E-state index in [9.17, 15) is 22.8 Å².